The molecule has 0 unspecified atom stereocenters. The average molecular weight is 540 g/mol. The first-order valence-electron chi connectivity index (χ1n) is 14.9. The van der Waals surface area contributed by atoms with Crippen LogP contribution in [0.1, 0.15) is 69.4 Å². The Morgan fingerprint density at radius 1 is 0.610 bits per heavy atom. The molecule has 0 aliphatic rings. The number of nitrogens with zero attached hydrogens (tertiary/aromatic N) is 2. The lowest BCUT2D eigenvalue weighted by Crippen LogP contribution is -2.33. The Morgan fingerprint density at radius 3 is 1.73 bits per heavy atom. The number of rotatable bonds is 2. The van der Waals surface area contributed by atoms with Crippen LogP contribution in [0.5, 0.6) is 0 Å². The fourth-order valence-corrected chi connectivity index (χ4v) is 6.38. The van der Waals surface area contributed by atoms with Crippen LogP contribution < -0.4 is 4.57 Å². The largest absolute Gasteiger partial charge is 0.308 e. The summed E-state index contributed by atoms with van der Waals surface area (Å²) in [4.78, 5) is 0. The Bertz CT molecular complexity index is 1920. The molecule has 0 fully saturated rings. The predicted molar refractivity (Wildman–Crippen MR) is 177 cm³/mol. The first kappa shape index (κ1) is 27.3. The average Bonchev–Trinajstić information content (AvgIpc) is 3.23. The third-order valence-corrected chi connectivity index (χ3v) is 9.00. The van der Waals surface area contributed by atoms with E-state index < -0.39 is 0 Å². The summed E-state index contributed by atoms with van der Waals surface area (Å²) in [6.45, 7) is 20.5. The van der Waals surface area contributed by atoms with Gasteiger partial charge in [-0.3, -0.25) is 0 Å². The zero-order chi connectivity index (χ0) is 29.4. The Hall–Kier alpha value is -3.91. The molecule has 6 rings (SSSR count). The Balaban J connectivity index is 1.82. The summed E-state index contributed by atoms with van der Waals surface area (Å²) in [6.07, 6.45) is 0. The second-order valence-electron chi connectivity index (χ2n) is 14.0. The summed E-state index contributed by atoms with van der Waals surface area (Å²) in [7, 11) is 2.21. The lowest BCUT2D eigenvalue weighted by Gasteiger charge is -2.20. The highest BCUT2D eigenvalue weighted by Crippen LogP contribution is 2.39. The second-order valence-corrected chi connectivity index (χ2v) is 14.0. The van der Waals surface area contributed by atoms with Crippen molar-refractivity contribution in [2.24, 2.45) is 7.05 Å². The molecule has 0 spiro atoms. The molecule has 0 aliphatic heterocycles. The van der Waals surface area contributed by atoms with Crippen LogP contribution in [0.3, 0.4) is 0 Å². The molecule has 0 radical (unpaired) electrons. The Kier molecular flexibility index (Phi) is 6.19. The third kappa shape index (κ3) is 4.45. The molecule has 0 N–H and O–H groups in total. The summed E-state index contributed by atoms with van der Waals surface area (Å²) in [5.41, 5.74) is 14.3. The van der Waals surface area contributed by atoms with E-state index in [1.54, 1.807) is 0 Å². The molecule has 0 amide bonds. The normalized spacial score (nSPS) is 12.6. The zero-order valence-corrected chi connectivity index (χ0v) is 26.4. The van der Waals surface area contributed by atoms with Gasteiger partial charge in [0.05, 0.1) is 22.1 Å². The number of benzene rings is 4. The van der Waals surface area contributed by atoms with Gasteiger partial charge in [-0.25, -0.2) is 0 Å². The molecule has 0 bridgehead atoms. The maximum absolute atomic E-state index is 2.54. The number of hydrogen-bond acceptors (Lipinski definition) is 0. The topological polar surface area (TPSA) is 8.81 Å². The molecule has 2 heteroatoms. The van der Waals surface area contributed by atoms with Crippen LogP contribution in [0, 0.1) is 20.8 Å². The van der Waals surface area contributed by atoms with E-state index in [0.29, 0.717) is 0 Å². The van der Waals surface area contributed by atoms with Gasteiger partial charge in [-0.05, 0) is 78.1 Å². The van der Waals surface area contributed by atoms with Crippen LogP contribution in [-0.2, 0) is 17.9 Å². The van der Waals surface area contributed by atoms with Crippen molar-refractivity contribution in [1.82, 2.24) is 4.57 Å². The molecule has 2 heterocycles. The van der Waals surface area contributed by atoms with Crippen molar-refractivity contribution in [2.45, 2.75) is 73.1 Å². The summed E-state index contributed by atoms with van der Waals surface area (Å²) >= 11 is 0. The van der Waals surface area contributed by atoms with Gasteiger partial charge in [-0.15, -0.1) is 0 Å². The molecule has 2 nitrogen and oxygen atoms in total. The van der Waals surface area contributed by atoms with E-state index in [9.17, 15) is 0 Å². The van der Waals surface area contributed by atoms with E-state index in [4.69, 9.17) is 0 Å². The minimum atomic E-state index is 0.0542. The van der Waals surface area contributed by atoms with Crippen molar-refractivity contribution in [1.29, 1.82) is 0 Å². The number of aromatic nitrogens is 2. The first-order valence-corrected chi connectivity index (χ1v) is 14.9. The van der Waals surface area contributed by atoms with Gasteiger partial charge in [0.15, 0.2) is 0 Å². The minimum Gasteiger partial charge on any atom is -0.308 e. The SMILES string of the molecule is Cc1cc(C)c(C)c(-c2cc(-n3c4cc(C(C)(C)C)ccc4c4ccc(C(C)(C)C)cc43)c3ccccc3[n+]2C)c1. The Morgan fingerprint density at radius 2 is 1.17 bits per heavy atom. The quantitative estimate of drug-likeness (QED) is 0.194. The first-order chi connectivity index (χ1) is 19.3. The maximum atomic E-state index is 2.54. The van der Waals surface area contributed by atoms with Crippen molar-refractivity contribution in [3.05, 3.63) is 107 Å². The molecule has 41 heavy (non-hydrogen) atoms. The number of fused-ring (bicyclic) bond motifs is 4. The molecular weight excluding hydrogens is 496 g/mol. The van der Waals surface area contributed by atoms with Gasteiger partial charge in [0.2, 0.25) is 11.2 Å². The van der Waals surface area contributed by atoms with E-state index in [-0.39, 0.29) is 10.8 Å². The lowest BCUT2D eigenvalue weighted by molar-refractivity contribution is -0.633. The highest BCUT2D eigenvalue weighted by atomic mass is 15.0. The Labute approximate surface area is 245 Å². The van der Waals surface area contributed by atoms with E-state index in [2.05, 4.69) is 157 Å². The zero-order valence-electron chi connectivity index (χ0n) is 26.4. The number of para-hydroxylation sites is 1. The van der Waals surface area contributed by atoms with Gasteiger partial charge < -0.3 is 4.57 Å². The summed E-state index contributed by atoms with van der Waals surface area (Å²) in [5, 5.41) is 3.85. The van der Waals surface area contributed by atoms with Crippen molar-refractivity contribution < 1.29 is 4.57 Å². The van der Waals surface area contributed by atoms with Crippen molar-refractivity contribution in [2.75, 3.05) is 0 Å². The summed E-state index contributed by atoms with van der Waals surface area (Å²) in [6, 6.07) is 30.1. The number of aryl methyl sites for hydroxylation is 3. The van der Waals surface area contributed by atoms with Crippen molar-refractivity contribution in [3.8, 4) is 16.9 Å². The molecule has 0 saturated carbocycles. The third-order valence-electron chi connectivity index (χ3n) is 9.00. The van der Waals surface area contributed by atoms with Gasteiger partial charge in [-0.1, -0.05) is 89.6 Å². The molecule has 4 aromatic carbocycles. The standard InChI is InChI=1S/C39H43N2/c1-24-19-25(2)26(3)32(20-24)34-23-37(31-13-11-12-14-33(31)40(34)10)41-35-21-27(38(4,5)6)15-17-29(35)30-18-16-28(22-36(30)41)39(7,8)9/h11-23H,1-10H3/q+1. The molecule has 0 aliphatic carbocycles. The monoisotopic (exact) mass is 539 g/mol. The second kappa shape index (κ2) is 9.31. The predicted octanol–water partition coefficient (Wildman–Crippen LogP) is 9.95. The van der Waals surface area contributed by atoms with Gasteiger partial charge in [0.1, 0.15) is 7.05 Å². The fraction of sp³-hybridized carbons (Fsp3) is 0.308. The van der Waals surface area contributed by atoms with Crippen molar-refractivity contribution >= 4 is 32.7 Å². The van der Waals surface area contributed by atoms with Crippen molar-refractivity contribution in [3.63, 3.8) is 0 Å². The van der Waals surface area contributed by atoms with Crippen LogP contribution >= 0.6 is 0 Å². The van der Waals surface area contributed by atoms with E-state index in [0.717, 1.165) is 0 Å². The van der Waals surface area contributed by atoms with E-state index in [1.807, 2.05) is 0 Å². The highest BCUT2D eigenvalue weighted by Gasteiger charge is 2.25. The van der Waals surface area contributed by atoms with E-state index in [1.165, 1.54) is 77.5 Å². The van der Waals surface area contributed by atoms with Crippen LogP contribution in [0.2, 0.25) is 0 Å². The smallest absolute Gasteiger partial charge is 0.215 e. The number of hydrogen-bond donors (Lipinski definition) is 0. The highest BCUT2D eigenvalue weighted by molar-refractivity contribution is 6.11. The van der Waals surface area contributed by atoms with E-state index >= 15 is 0 Å². The van der Waals surface area contributed by atoms with Gasteiger partial charge >= 0.3 is 0 Å². The maximum Gasteiger partial charge on any atom is 0.215 e. The van der Waals surface area contributed by atoms with Crippen LogP contribution in [0.15, 0.2) is 78.9 Å². The van der Waals surface area contributed by atoms with Gasteiger partial charge in [0, 0.05) is 28.5 Å². The molecule has 0 atom stereocenters. The van der Waals surface area contributed by atoms with Crippen LogP contribution in [0.25, 0.3) is 49.7 Å². The lowest BCUT2D eigenvalue weighted by atomic mass is 9.86. The molecular formula is C39H43N2+. The fourth-order valence-electron chi connectivity index (χ4n) is 6.38. The van der Waals surface area contributed by atoms with Gasteiger partial charge in [0.25, 0.3) is 0 Å². The molecule has 0 saturated heterocycles. The number of pyridine rings is 1. The minimum absolute atomic E-state index is 0.0542. The summed E-state index contributed by atoms with van der Waals surface area (Å²) < 4.78 is 4.91. The summed E-state index contributed by atoms with van der Waals surface area (Å²) in [5.74, 6) is 0. The molecule has 6 aromatic rings. The van der Waals surface area contributed by atoms with Gasteiger partial charge in [-0.2, -0.15) is 4.57 Å². The molecule has 208 valence electrons. The van der Waals surface area contributed by atoms with Crippen LogP contribution in [0.4, 0.5) is 0 Å². The van der Waals surface area contributed by atoms with Crippen LogP contribution in [-0.4, -0.2) is 4.57 Å². The molecule has 2 aromatic heterocycles.